The molecule has 0 amide bonds. The Kier molecular flexibility index (Phi) is 2.68. The number of aliphatic hydroxyl groups is 1. The normalized spacial score (nSPS) is 11.6. The molecule has 0 fully saturated rings. The maximum Gasteiger partial charge on any atom is 0.332 e. The van der Waals surface area contributed by atoms with Crippen LogP contribution in [0.15, 0.2) is 23.1 Å². The maximum absolute atomic E-state index is 12.4. The second-order valence-corrected chi connectivity index (χ2v) is 4.03. The van der Waals surface area contributed by atoms with Crippen LogP contribution in [0.4, 0.5) is 3.89 Å². The molecule has 1 aromatic rings. The third-order valence-electron chi connectivity index (χ3n) is 1.77. The van der Waals surface area contributed by atoms with Gasteiger partial charge in [-0.2, -0.15) is 8.42 Å². The van der Waals surface area contributed by atoms with Crippen LogP contribution < -0.4 is 0 Å². The molecule has 0 saturated heterocycles. The molecular weight excluding hydrogens is 195 g/mol. The monoisotopic (exact) mass is 204 g/mol. The summed E-state index contributed by atoms with van der Waals surface area (Å²) < 4.78 is 33.4. The van der Waals surface area contributed by atoms with Gasteiger partial charge in [-0.1, -0.05) is 6.07 Å². The van der Waals surface area contributed by atoms with Crippen LogP contribution in [0.5, 0.6) is 0 Å². The highest BCUT2D eigenvalue weighted by Gasteiger charge is 2.12. The van der Waals surface area contributed by atoms with Crippen molar-refractivity contribution in [2.45, 2.75) is 18.4 Å². The molecule has 1 rings (SSSR count). The first-order valence-corrected chi connectivity index (χ1v) is 4.98. The molecule has 0 aliphatic rings. The van der Waals surface area contributed by atoms with Crippen LogP contribution in [0.25, 0.3) is 0 Å². The van der Waals surface area contributed by atoms with Crippen molar-refractivity contribution in [3.05, 3.63) is 29.3 Å². The highest BCUT2D eigenvalue weighted by Crippen LogP contribution is 2.16. The van der Waals surface area contributed by atoms with Gasteiger partial charge >= 0.3 is 10.2 Å². The number of aryl methyl sites for hydroxylation is 1. The highest BCUT2D eigenvalue weighted by atomic mass is 32.3. The number of rotatable bonds is 2. The van der Waals surface area contributed by atoms with Crippen molar-refractivity contribution in [3.8, 4) is 0 Å². The second-order valence-electron chi connectivity index (χ2n) is 2.68. The number of aliphatic hydroxyl groups excluding tert-OH is 1. The lowest BCUT2D eigenvalue weighted by atomic mass is 10.1. The molecule has 0 bridgehead atoms. The Morgan fingerprint density at radius 3 is 2.46 bits per heavy atom. The molecule has 5 heteroatoms. The molecule has 72 valence electrons. The summed E-state index contributed by atoms with van der Waals surface area (Å²) >= 11 is 0. The lowest BCUT2D eigenvalue weighted by Gasteiger charge is -2.02. The van der Waals surface area contributed by atoms with Gasteiger partial charge < -0.3 is 5.11 Å². The van der Waals surface area contributed by atoms with Crippen LogP contribution >= 0.6 is 0 Å². The van der Waals surface area contributed by atoms with Crippen LogP contribution in [0.3, 0.4) is 0 Å². The fraction of sp³-hybridized carbons (Fsp3) is 0.250. The van der Waals surface area contributed by atoms with Gasteiger partial charge in [-0.05, 0) is 30.2 Å². The van der Waals surface area contributed by atoms with E-state index in [9.17, 15) is 12.3 Å². The Balaban J connectivity index is 3.26. The minimum atomic E-state index is -4.63. The zero-order chi connectivity index (χ0) is 10.1. The summed E-state index contributed by atoms with van der Waals surface area (Å²) in [5.41, 5.74) is 1.15. The van der Waals surface area contributed by atoms with Crippen LogP contribution in [-0.4, -0.2) is 13.5 Å². The molecule has 1 aromatic carbocycles. The number of hydrogen-bond acceptors (Lipinski definition) is 3. The van der Waals surface area contributed by atoms with E-state index >= 15 is 0 Å². The van der Waals surface area contributed by atoms with Crippen molar-refractivity contribution in [3.63, 3.8) is 0 Å². The van der Waals surface area contributed by atoms with Crippen molar-refractivity contribution in [1.29, 1.82) is 0 Å². The Morgan fingerprint density at radius 1 is 1.46 bits per heavy atom. The molecule has 0 atom stereocenters. The van der Waals surface area contributed by atoms with E-state index in [-0.39, 0.29) is 11.5 Å². The van der Waals surface area contributed by atoms with Gasteiger partial charge in [-0.15, -0.1) is 3.89 Å². The highest BCUT2D eigenvalue weighted by molar-refractivity contribution is 7.86. The predicted octanol–water partition coefficient (Wildman–Crippen LogP) is 1.15. The Labute approximate surface area is 76.0 Å². The molecule has 0 aliphatic carbocycles. The van der Waals surface area contributed by atoms with Crippen LogP contribution in [0.1, 0.15) is 11.1 Å². The summed E-state index contributed by atoms with van der Waals surface area (Å²) in [7, 11) is -4.63. The van der Waals surface area contributed by atoms with Gasteiger partial charge in [-0.3, -0.25) is 0 Å². The molecule has 3 nitrogen and oxygen atoms in total. The van der Waals surface area contributed by atoms with E-state index in [1.807, 2.05) is 0 Å². The predicted molar refractivity (Wildman–Crippen MR) is 45.4 cm³/mol. The van der Waals surface area contributed by atoms with Gasteiger partial charge in [0.1, 0.15) is 0 Å². The Bertz CT molecular complexity index is 411. The number of benzene rings is 1. The summed E-state index contributed by atoms with van der Waals surface area (Å²) in [4.78, 5) is -0.373. The standard InChI is InChI=1S/C8H9FO3S/c1-6-4-8(13(9,11)12)3-2-7(6)5-10/h2-4,10H,5H2,1H3. The molecule has 0 radical (unpaired) electrons. The second kappa shape index (κ2) is 3.43. The van der Waals surface area contributed by atoms with Gasteiger partial charge in [-0.25, -0.2) is 0 Å². The first-order chi connectivity index (χ1) is 5.95. The first-order valence-electron chi connectivity index (χ1n) is 3.60. The summed E-state index contributed by atoms with van der Waals surface area (Å²) in [5.74, 6) is 0. The van der Waals surface area contributed by atoms with E-state index in [1.165, 1.54) is 12.1 Å². The van der Waals surface area contributed by atoms with E-state index in [0.717, 1.165) is 6.07 Å². The summed E-state index contributed by atoms with van der Waals surface area (Å²) in [6.45, 7) is 1.43. The molecule has 13 heavy (non-hydrogen) atoms. The van der Waals surface area contributed by atoms with E-state index in [0.29, 0.717) is 11.1 Å². The van der Waals surface area contributed by atoms with Crippen molar-refractivity contribution < 1.29 is 17.4 Å². The van der Waals surface area contributed by atoms with Crippen molar-refractivity contribution >= 4 is 10.2 Å². The first kappa shape index (κ1) is 10.1. The topological polar surface area (TPSA) is 54.4 Å². The van der Waals surface area contributed by atoms with Crippen molar-refractivity contribution in [1.82, 2.24) is 0 Å². The van der Waals surface area contributed by atoms with Gasteiger partial charge in [0.2, 0.25) is 0 Å². The van der Waals surface area contributed by atoms with Gasteiger partial charge in [0.15, 0.2) is 0 Å². The van der Waals surface area contributed by atoms with E-state index in [4.69, 9.17) is 5.11 Å². The van der Waals surface area contributed by atoms with E-state index < -0.39 is 10.2 Å². The smallest absolute Gasteiger partial charge is 0.332 e. The fourth-order valence-electron chi connectivity index (χ4n) is 0.997. The quantitative estimate of drug-likeness (QED) is 0.735. The molecule has 0 aromatic heterocycles. The maximum atomic E-state index is 12.4. The van der Waals surface area contributed by atoms with E-state index in [2.05, 4.69) is 0 Å². The summed E-state index contributed by atoms with van der Waals surface area (Å²) in [6.07, 6.45) is 0. The minimum absolute atomic E-state index is 0.182. The lowest BCUT2D eigenvalue weighted by Crippen LogP contribution is -1.95. The van der Waals surface area contributed by atoms with E-state index in [1.54, 1.807) is 6.92 Å². The van der Waals surface area contributed by atoms with Crippen molar-refractivity contribution in [2.24, 2.45) is 0 Å². The number of halogens is 1. The third kappa shape index (κ3) is 2.26. The van der Waals surface area contributed by atoms with Gasteiger partial charge in [0, 0.05) is 0 Å². The fourth-order valence-corrected chi connectivity index (χ4v) is 1.55. The largest absolute Gasteiger partial charge is 0.392 e. The molecule has 0 aliphatic heterocycles. The minimum Gasteiger partial charge on any atom is -0.392 e. The molecule has 0 spiro atoms. The lowest BCUT2D eigenvalue weighted by molar-refractivity contribution is 0.281. The van der Waals surface area contributed by atoms with Gasteiger partial charge in [0.25, 0.3) is 0 Å². The summed E-state index contributed by atoms with van der Waals surface area (Å²) in [6, 6.07) is 3.72. The molecule has 0 unspecified atom stereocenters. The van der Waals surface area contributed by atoms with Crippen LogP contribution in [0.2, 0.25) is 0 Å². The zero-order valence-electron chi connectivity index (χ0n) is 6.99. The average Bonchev–Trinajstić information content (AvgIpc) is 2.02. The summed E-state index contributed by atoms with van der Waals surface area (Å²) in [5, 5.41) is 8.77. The average molecular weight is 204 g/mol. The molecule has 0 saturated carbocycles. The Hall–Kier alpha value is -0.940. The number of hydrogen-bond donors (Lipinski definition) is 1. The van der Waals surface area contributed by atoms with Crippen LogP contribution in [-0.2, 0) is 16.8 Å². The Morgan fingerprint density at radius 2 is 2.08 bits per heavy atom. The van der Waals surface area contributed by atoms with Crippen LogP contribution in [0, 0.1) is 6.92 Å². The third-order valence-corrected chi connectivity index (χ3v) is 2.58. The molecular formula is C8H9FO3S. The SMILES string of the molecule is Cc1cc(S(=O)(=O)F)ccc1CO. The molecule has 0 heterocycles. The van der Waals surface area contributed by atoms with Gasteiger partial charge in [0.05, 0.1) is 11.5 Å². The van der Waals surface area contributed by atoms with Crippen molar-refractivity contribution in [2.75, 3.05) is 0 Å². The zero-order valence-corrected chi connectivity index (χ0v) is 7.81. The molecule has 1 N–H and O–H groups in total.